The molecule has 0 bridgehead atoms. The van der Waals surface area contributed by atoms with Gasteiger partial charge < -0.3 is 5.73 Å². The van der Waals surface area contributed by atoms with Gasteiger partial charge in [0.05, 0.1) is 10.7 Å². The third-order valence-corrected chi connectivity index (χ3v) is 5.15. The lowest BCUT2D eigenvalue weighted by Gasteiger charge is -2.16. The third-order valence-electron chi connectivity index (χ3n) is 3.42. The van der Waals surface area contributed by atoms with E-state index in [1.807, 2.05) is 12.1 Å². The standard InChI is InChI=1S/C16H21BrN2S/c1-10-11(6-5-7-12(10)17)13(18)8-15-19-14(9-20-15)16(2,3)4/h5-7,9,13H,8,18H2,1-4H3. The highest BCUT2D eigenvalue weighted by atomic mass is 79.9. The lowest BCUT2D eigenvalue weighted by atomic mass is 9.93. The van der Waals surface area contributed by atoms with Crippen molar-refractivity contribution >= 4 is 27.3 Å². The Labute approximate surface area is 133 Å². The lowest BCUT2D eigenvalue weighted by molar-refractivity contribution is 0.569. The second-order valence-electron chi connectivity index (χ2n) is 6.14. The molecule has 4 heteroatoms. The van der Waals surface area contributed by atoms with Gasteiger partial charge in [-0.15, -0.1) is 11.3 Å². The van der Waals surface area contributed by atoms with Gasteiger partial charge in [0.1, 0.15) is 0 Å². The van der Waals surface area contributed by atoms with E-state index in [-0.39, 0.29) is 11.5 Å². The van der Waals surface area contributed by atoms with Crippen molar-refractivity contribution < 1.29 is 0 Å². The maximum atomic E-state index is 6.36. The van der Waals surface area contributed by atoms with Gasteiger partial charge in [-0.3, -0.25) is 0 Å². The average molecular weight is 353 g/mol. The van der Waals surface area contributed by atoms with Crippen LogP contribution in [0.4, 0.5) is 0 Å². The van der Waals surface area contributed by atoms with Gasteiger partial charge in [0.2, 0.25) is 0 Å². The first-order valence-corrected chi connectivity index (χ1v) is 8.42. The number of aromatic nitrogens is 1. The highest BCUT2D eigenvalue weighted by Gasteiger charge is 2.19. The minimum atomic E-state index is -0.00790. The van der Waals surface area contributed by atoms with Crippen molar-refractivity contribution in [2.45, 2.75) is 45.6 Å². The third kappa shape index (κ3) is 3.48. The van der Waals surface area contributed by atoms with Crippen LogP contribution in [0.3, 0.4) is 0 Å². The molecule has 1 aromatic carbocycles. The molecule has 1 aromatic heterocycles. The number of halogens is 1. The van der Waals surface area contributed by atoms with E-state index in [4.69, 9.17) is 10.7 Å². The Balaban J connectivity index is 2.18. The van der Waals surface area contributed by atoms with E-state index in [1.165, 1.54) is 11.1 Å². The molecule has 0 saturated carbocycles. The Bertz CT molecular complexity index is 599. The summed E-state index contributed by atoms with van der Waals surface area (Å²) in [6.07, 6.45) is 0.790. The Hall–Kier alpha value is -0.710. The molecular weight excluding hydrogens is 332 g/mol. The Morgan fingerprint density at radius 1 is 1.35 bits per heavy atom. The summed E-state index contributed by atoms with van der Waals surface area (Å²) < 4.78 is 1.11. The summed E-state index contributed by atoms with van der Waals surface area (Å²) in [6, 6.07) is 6.18. The van der Waals surface area contributed by atoms with E-state index >= 15 is 0 Å². The van der Waals surface area contributed by atoms with E-state index in [1.54, 1.807) is 11.3 Å². The van der Waals surface area contributed by atoms with Crippen LogP contribution in [-0.2, 0) is 11.8 Å². The molecule has 1 unspecified atom stereocenters. The summed E-state index contributed by atoms with van der Waals surface area (Å²) >= 11 is 5.27. The minimum absolute atomic E-state index is 0.00790. The first-order valence-electron chi connectivity index (χ1n) is 6.74. The van der Waals surface area contributed by atoms with Crippen LogP contribution in [0.1, 0.15) is 48.6 Å². The van der Waals surface area contributed by atoms with E-state index in [9.17, 15) is 0 Å². The number of nitrogens with zero attached hydrogens (tertiary/aromatic N) is 1. The van der Waals surface area contributed by atoms with E-state index in [0.29, 0.717) is 0 Å². The summed E-state index contributed by atoms with van der Waals surface area (Å²) in [4.78, 5) is 4.73. The predicted octanol–water partition coefficient (Wildman–Crippen LogP) is 4.75. The molecule has 1 atom stereocenters. The van der Waals surface area contributed by atoms with Crippen molar-refractivity contribution in [1.82, 2.24) is 4.98 Å². The van der Waals surface area contributed by atoms with E-state index in [0.717, 1.165) is 21.6 Å². The van der Waals surface area contributed by atoms with Gasteiger partial charge in [0.25, 0.3) is 0 Å². The highest BCUT2D eigenvalue weighted by molar-refractivity contribution is 9.10. The van der Waals surface area contributed by atoms with Crippen LogP contribution in [-0.4, -0.2) is 4.98 Å². The number of nitrogens with two attached hydrogens (primary N) is 1. The van der Waals surface area contributed by atoms with Gasteiger partial charge >= 0.3 is 0 Å². The highest BCUT2D eigenvalue weighted by Crippen LogP contribution is 2.28. The molecule has 2 aromatic rings. The molecule has 20 heavy (non-hydrogen) atoms. The predicted molar refractivity (Wildman–Crippen MR) is 90.3 cm³/mol. The lowest BCUT2D eigenvalue weighted by Crippen LogP contribution is -2.16. The zero-order chi connectivity index (χ0) is 14.9. The normalized spacial score (nSPS) is 13.5. The quantitative estimate of drug-likeness (QED) is 0.865. The molecule has 1 heterocycles. The van der Waals surface area contributed by atoms with Crippen molar-refractivity contribution in [3.05, 3.63) is 49.9 Å². The first-order chi connectivity index (χ1) is 9.29. The molecule has 108 valence electrons. The smallest absolute Gasteiger partial charge is 0.0947 e. The van der Waals surface area contributed by atoms with Gasteiger partial charge in [-0.05, 0) is 24.1 Å². The van der Waals surface area contributed by atoms with Crippen molar-refractivity contribution in [3.63, 3.8) is 0 Å². The average Bonchev–Trinajstić information content (AvgIpc) is 2.81. The molecule has 2 rings (SSSR count). The van der Waals surface area contributed by atoms with Gasteiger partial charge in [-0.25, -0.2) is 4.98 Å². The Morgan fingerprint density at radius 3 is 2.65 bits per heavy atom. The maximum Gasteiger partial charge on any atom is 0.0947 e. The van der Waals surface area contributed by atoms with Gasteiger partial charge in [0.15, 0.2) is 0 Å². The zero-order valence-electron chi connectivity index (χ0n) is 12.4. The molecular formula is C16H21BrN2S. The van der Waals surface area contributed by atoms with E-state index in [2.05, 4.69) is 55.1 Å². The van der Waals surface area contributed by atoms with Crippen molar-refractivity contribution in [2.24, 2.45) is 5.73 Å². The van der Waals surface area contributed by atoms with Crippen LogP contribution in [0.15, 0.2) is 28.1 Å². The van der Waals surface area contributed by atoms with Crippen LogP contribution in [0.25, 0.3) is 0 Å². The number of rotatable bonds is 3. The van der Waals surface area contributed by atoms with Crippen LogP contribution < -0.4 is 5.73 Å². The maximum absolute atomic E-state index is 6.36. The van der Waals surface area contributed by atoms with Crippen LogP contribution in [0.5, 0.6) is 0 Å². The van der Waals surface area contributed by atoms with Crippen molar-refractivity contribution in [3.8, 4) is 0 Å². The number of benzene rings is 1. The fourth-order valence-corrected chi connectivity index (χ4v) is 3.54. The summed E-state index contributed by atoms with van der Waals surface area (Å²) in [5, 5.41) is 3.26. The number of hydrogen-bond acceptors (Lipinski definition) is 3. The molecule has 0 aliphatic rings. The number of thiazole rings is 1. The van der Waals surface area contributed by atoms with Crippen molar-refractivity contribution in [2.75, 3.05) is 0 Å². The summed E-state index contributed by atoms with van der Waals surface area (Å²) in [7, 11) is 0. The molecule has 0 aliphatic heterocycles. The summed E-state index contributed by atoms with van der Waals surface area (Å²) in [5.74, 6) is 0. The Kier molecular flexibility index (Phi) is 4.67. The molecule has 0 fully saturated rings. The topological polar surface area (TPSA) is 38.9 Å². The largest absolute Gasteiger partial charge is 0.324 e. The molecule has 2 nitrogen and oxygen atoms in total. The van der Waals surface area contributed by atoms with Crippen LogP contribution in [0, 0.1) is 6.92 Å². The molecule has 2 N–H and O–H groups in total. The summed E-state index contributed by atoms with van der Waals surface area (Å²) in [5.41, 5.74) is 10.0. The fourth-order valence-electron chi connectivity index (χ4n) is 2.07. The molecule has 0 saturated heterocycles. The van der Waals surface area contributed by atoms with Gasteiger partial charge in [-0.1, -0.05) is 48.8 Å². The fraction of sp³-hybridized carbons (Fsp3) is 0.438. The minimum Gasteiger partial charge on any atom is -0.324 e. The van der Waals surface area contributed by atoms with Crippen LogP contribution >= 0.6 is 27.3 Å². The van der Waals surface area contributed by atoms with E-state index < -0.39 is 0 Å². The molecule has 0 aliphatic carbocycles. The van der Waals surface area contributed by atoms with Crippen LogP contribution in [0.2, 0.25) is 0 Å². The summed E-state index contributed by atoms with van der Waals surface area (Å²) in [6.45, 7) is 8.65. The SMILES string of the molecule is Cc1c(Br)cccc1C(N)Cc1nc(C(C)(C)C)cs1. The second-order valence-corrected chi connectivity index (χ2v) is 7.94. The second kappa shape index (κ2) is 5.96. The first kappa shape index (κ1) is 15.7. The molecule has 0 radical (unpaired) electrons. The monoisotopic (exact) mass is 352 g/mol. The Morgan fingerprint density at radius 2 is 2.05 bits per heavy atom. The van der Waals surface area contributed by atoms with Crippen molar-refractivity contribution in [1.29, 1.82) is 0 Å². The zero-order valence-corrected chi connectivity index (χ0v) is 14.8. The number of hydrogen-bond donors (Lipinski definition) is 1. The van der Waals surface area contributed by atoms with Gasteiger partial charge in [-0.2, -0.15) is 0 Å². The molecule has 0 spiro atoms. The molecule has 0 amide bonds. The van der Waals surface area contributed by atoms with Gasteiger partial charge in [0, 0.05) is 27.7 Å².